The number of hydrogen-bond acceptors (Lipinski definition) is 7. The molecule has 7 heteroatoms. The highest BCUT2D eigenvalue weighted by molar-refractivity contribution is 5.45. The second kappa shape index (κ2) is 6.43. The highest BCUT2D eigenvalue weighted by Gasteiger charge is 2.28. The average molecular weight is 292 g/mol. The Kier molecular flexibility index (Phi) is 4.38. The zero-order chi connectivity index (χ0) is 14.7. The van der Waals surface area contributed by atoms with E-state index in [1.54, 1.807) is 0 Å². The zero-order valence-corrected chi connectivity index (χ0v) is 12.4. The molecule has 0 unspecified atom stereocenters. The van der Waals surface area contributed by atoms with Crippen LogP contribution in [0.15, 0.2) is 0 Å². The van der Waals surface area contributed by atoms with Gasteiger partial charge in [0.2, 0.25) is 17.8 Å². The highest BCUT2D eigenvalue weighted by atomic mass is 16.3. The Bertz CT molecular complexity index is 473. The maximum absolute atomic E-state index is 9.10. The minimum absolute atomic E-state index is 0.183. The Morgan fingerprint density at radius 1 is 1.14 bits per heavy atom. The topological polar surface area (TPSA) is 91.4 Å². The van der Waals surface area contributed by atoms with Crippen molar-refractivity contribution in [3.8, 4) is 0 Å². The summed E-state index contributed by atoms with van der Waals surface area (Å²) in [5, 5.41) is 9.10. The van der Waals surface area contributed by atoms with Gasteiger partial charge in [0, 0.05) is 32.3 Å². The molecule has 1 saturated carbocycles. The SMILES string of the molecule is Nc1nc(N2CCCC2)nc(N(CCCO)C2CCC2)n1. The van der Waals surface area contributed by atoms with Crippen LogP contribution in [0.2, 0.25) is 0 Å². The lowest BCUT2D eigenvalue weighted by molar-refractivity contribution is 0.282. The van der Waals surface area contributed by atoms with Gasteiger partial charge in [-0.3, -0.25) is 0 Å². The average Bonchev–Trinajstić information content (AvgIpc) is 2.94. The van der Waals surface area contributed by atoms with E-state index in [1.165, 1.54) is 19.3 Å². The number of hydrogen-bond donors (Lipinski definition) is 2. The van der Waals surface area contributed by atoms with Crippen molar-refractivity contribution in [1.29, 1.82) is 0 Å². The molecular weight excluding hydrogens is 268 g/mol. The minimum Gasteiger partial charge on any atom is -0.396 e. The van der Waals surface area contributed by atoms with Crippen molar-refractivity contribution in [3.05, 3.63) is 0 Å². The van der Waals surface area contributed by atoms with Crippen molar-refractivity contribution in [2.24, 2.45) is 0 Å². The van der Waals surface area contributed by atoms with Crippen LogP contribution in [-0.4, -0.2) is 52.3 Å². The summed E-state index contributed by atoms with van der Waals surface area (Å²) in [5.74, 6) is 1.65. The van der Waals surface area contributed by atoms with E-state index in [1.807, 2.05) is 0 Å². The van der Waals surface area contributed by atoms with Crippen LogP contribution in [0.1, 0.15) is 38.5 Å². The Morgan fingerprint density at radius 3 is 2.52 bits per heavy atom. The number of rotatable bonds is 6. The Hall–Kier alpha value is -1.63. The monoisotopic (exact) mass is 292 g/mol. The first-order chi connectivity index (χ1) is 10.3. The molecular formula is C14H24N6O. The summed E-state index contributed by atoms with van der Waals surface area (Å²) in [6, 6.07) is 0.477. The third-order valence-corrected chi connectivity index (χ3v) is 4.35. The Morgan fingerprint density at radius 2 is 1.90 bits per heavy atom. The molecule has 1 aliphatic heterocycles. The molecule has 2 aliphatic rings. The number of nitrogens with zero attached hydrogens (tertiary/aromatic N) is 5. The standard InChI is InChI=1S/C14H24N6O/c15-12-16-13(19-7-1-2-8-19)18-14(17-12)20(9-4-10-21)11-5-3-6-11/h11,21H,1-10H2,(H2,15,16,17,18). The fourth-order valence-electron chi connectivity index (χ4n) is 2.94. The molecule has 21 heavy (non-hydrogen) atoms. The fraction of sp³-hybridized carbons (Fsp3) is 0.786. The van der Waals surface area contributed by atoms with Gasteiger partial charge in [0.15, 0.2) is 0 Å². The number of nitrogen functional groups attached to an aromatic ring is 1. The molecule has 0 atom stereocenters. The van der Waals surface area contributed by atoms with Gasteiger partial charge in [0.1, 0.15) is 0 Å². The number of aliphatic hydroxyl groups excluding tert-OH is 1. The van der Waals surface area contributed by atoms with Crippen LogP contribution in [0.25, 0.3) is 0 Å². The maximum atomic E-state index is 9.10. The van der Waals surface area contributed by atoms with Crippen LogP contribution in [0.5, 0.6) is 0 Å². The quantitative estimate of drug-likeness (QED) is 0.801. The lowest BCUT2D eigenvalue weighted by Crippen LogP contribution is -2.42. The van der Waals surface area contributed by atoms with Crippen molar-refractivity contribution in [1.82, 2.24) is 15.0 Å². The molecule has 2 fully saturated rings. The second-order valence-electron chi connectivity index (χ2n) is 5.84. The highest BCUT2D eigenvalue weighted by Crippen LogP contribution is 2.29. The van der Waals surface area contributed by atoms with E-state index >= 15 is 0 Å². The molecule has 0 bridgehead atoms. The van der Waals surface area contributed by atoms with Gasteiger partial charge in [-0.25, -0.2) is 0 Å². The van der Waals surface area contributed by atoms with Crippen molar-refractivity contribution in [2.45, 2.75) is 44.6 Å². The van der Waals surface area contributed by atoms with Gasteiger partial charge >= 0.3 is 0 Å². The summed E-state index contributed by atoms with van der Waals surface area (Å²) in [6.45, 7) is 2.93. The Balaban J connectivity index is 1.83. The van der Waals surface area contributed by atoms with Crippen LogP contribution in [-0.2, 0) is 0 Å². The lowest BCUT2D eigenvalue weighted by atomic mass is 9.91. The number of aliphatic hydroxyl groups is 1. The summed E-state index contributed by atoms with van der Waals surface area (Å²) in [5.41, 5.74) is 5.89. The molecule has 0 radical (unpaired) electrons. The maximum Gasteiger partial charge on any atom is 0.232 e. The lowest BCUT2D eigenvalue weighted by Gasteiger charge is -2.37. The molecule has 1 aromatic rings. The molecule has 3 N–H and O–H groups in total. The molecule has 116 valence electrons. The van der Waals surface area contributed by atoms with Crippen LogP contribution in [0, 0.1) is 0 Å². The van der Waals surface area contributed by atoms with Crippen molar-refractivity contribution in [3.63, 3.8) is 0 Å². The van der Waals surface area contributed by atoms with Crippen molar-refractivity contribution >= 4 is 17.8 Å². The van der Waals surface area contributed by atoms with Gasteiger partial charge in [-0.05, 0) is 38.5 Å². The van der Waals surface area contributed by atoms with E-state index in [0.29, 0.717) is 17.9 Å². The molecule has 0 amide bonds. The number of anilines is 3. The minimum atomic E-state index is 0.183. The van der Waals surface area contributed by atoms with E-state index in [-0.39, 0.29) is 12.6 Å². The normalized spacial score (nSPS) is 18.8. The van der Waals surface area contributed by atoms with E-state index < -0.39 is 0 Å². The predicted molar refractivity (Wildman–Crippen MR) is 82.4 cm³/mol. The molecule has 0 spiro atoms. The van der Waals surface area contributed by atoms with E-state index in [9.17, 15) is 0 Å². The fourth-order valence-corrected chi connectivity index (χ4v) is 2.94. The van der Waals surface area contributed by atoms with Gasteiger partial charge in [-0.15, -0.1) is 0 Å². The third-order valence-electron chi connectivity index (χ3n) is 4.35. The Labute approximate surface area is 125 Å². The van der Waals surface area contributed by atoms with Gasteiger partial charge in [0.05, 0.1) is 0 Å². The van der Waals surface area contributed by atoms with E-state index in [0.717, 1.165) is 38.9 Å². The molecule has 1 aliphatic carbocycles. The van der Waals surface area contributed by atoms with Crippen molar-refractivity contribution < 1.29 is 5.11 Å². The van der Waals surface area contributed by atoms with Crippen LogP contribution in [0.4, 0.5) is 17.8 Å². The molecule has 2 heterocycles. The van der Waals surface area contributed by atoms with Gasteiger partial charge in [0.25, 0.3) is 0 Å². The van der Waals surface area contributed by atoms with Crippen LogP contribution in [0.3, 0.4) is 0 Å². The third kappa shape index (κ3) is 3.18. The molecule has 1 saturated heterocycles. The largest absolute Gasteiger partial charge is 0.396 e. The van der Waals surface area contributed by atoms with Crippen LogP contribution >= 0.6 is 0 Å². The van der Waals surface area contributed by atoms with Gasteiger partial charge in [-0.2, -0.15) is 15.0 Å². The molecule has 1 aromatic heterocycles. The summed E-state index contributed by atoms with van der Waals surface area (Å²) >= 11 is 0. The predicted octanol–water partition coefficient (Wildman–Crippen LogP) is 0.795. The van der Waals surface area contributed by atoms with Gasteiger partial charge < -0.3 is 20.6 Å². The summed E-state index contributed by atoms with van der Waals surface area (Å²) in [4.78, 5) is 17.6. The summed E-state index contributed by atoms with van der Waals surface area (Å²) in [7, 11) is 0. The number of aromatic nitrogens is 3. The second-order valence-corrected chi connectivity index (χ2v) is 5.84. The first kappa shape index (κ1) is 14.3. The van der Waals surface area contributed by atoms with Crippen LogP contribution < -0.4 is 15.5 Å². The molecule has 0 aromatic carbocycles. The number of nitrogens with two attached hydrogens (primary N) is 1. The van der Waals surface area contributed by atoms with Crippen molar-refractivity contribution in [2.75, 3.05) is 41.8 Å². The van der Waals surface area contributed by atoms with Gasteiger partial charge in [-0.1, -0.05) is 0 Å². The first-order valence-electron chi connectivity index (χ1n) is 7.92. The zero-order valence-electron chi connectivity index (χ0n) is 12.4. The van der Waals surface area contributed by atoms with E-state index in [2.05, 4.69) is 24.8 Å². The molecule has 7 nitrogen and oxygen atoms in total. The first-order valence-corrected chi connectivity index (χ1v) is 7.92. The molecule has 3 rings (SSSR count). The smallest absolute Gasteiger partial charge is 0.232 e. The summed E-state index contributed by atoms with van der Waals surface area (Å²) < 4.78 is 0. The summed E-state index contributed by atoms with van der Waals surface area (Å²) in [6.07, 6.45) is 6.66. The van der Waals surface area contributed by atoms with E-state index in [4.69, 9.17) is 10.8 Å².